The molecule has 0 aliphatic carbocycles. The molecule has 0 radical (unpaired) electrons. The van der Waals surface area contributed by atoms with E-state index in [1.54, 1.807) is 36.3 Å². The number of hydrogen-bond acceptors (Lipinski definition) is 9. The molecule has 0 aliphatic rings. The van der Waals surface area contributed by atoms with E-state index in [1.165, 1.54) is 0 Å². The summed E-state index contributed by atoms with van der Waals surface area (Å²) in [4.78, 5) is 17.4. The molecule has 0 saturated heterocycles. The molecule has 0 amide bonds. The van der Waals surface area contributed by atoms with E-state index in [-0.39, 0.29) is 0 Å². The maximum atomic E-state index is 5.18. The second-order valence-electron chi connectivity index (χ2n) is 6.64. The van der Waals surface area contributed by atoms with Gasteiger partial charge in [-0.3, -0.25) is 4.98 Å². The van der Waals surface area contributed by atoms with Crippen molar-refractivity contribution in [1.29, 1.82) is 0 Å². The van der Waals surface area contributed by atoms with Crippen LogP contribution in [0.2, 0.25) is 0 Å². The average molecular weight is 411 g/mol. The topological polar surface area (TPSA) is 116 Å². The van der Waals surface area contributed by atoms with Crippen LogP contribution >= 0.6 is 0 Å². The zero-order valence-corrected chi connectivity index (χ0v) is 16.8. The van der Waals surface area contributed by atoms with Crippen molar-refractivity contribution in [2.24, 2.45) is 0 Å². The molecule has 0 fully saturated rings. The Hall–Kier alpha value is -4.47. The first-order chi connectivity index (χ1) is 15.2. The van der Waals surface area contributed by atoms with Crippen LogP contribution in [0.1, 0.15) is 5.69 Å². The number of aryl methyl sites for hydroxylation is 1. The van der Waals surface area contributed by atoms with Crippen LogP contribution in [-0.4, -0.2) is 46.9 Å². The monoisotopic (exact) mass is 411 g/mol. The molecule has 0 unspecified atom stereocenters. The fourth-order valence-electron chi connectivity index (χ4n) is 3.07. The van der Waals surface area contributed by atoms with Crippen LogP contribution in [0.3, 0.4) is 0 Å². The molecule has 0 bridgehead atoms. The molecule has 31 heavy (non-hydrogen) atoms. The van der Waals surface area contributed by atoms with E-state index in [4.69, 9.17) is 4.74 Å². The Kier molecular flexibility index (Phi) is 4.64. The number of ether oxygens (including phenoxy) is 1. The molecule has 10 heteroatoms. The standard InChI is InChI=1S/C21H17N9O/c1-13-18(27-28-21-26-19(29-30(13)21)14-4-3-10-22-12-14)17-9-11-23-20(25-17)24-15-5-7-16(31-2)8-6-15/h3-12H,1-2H3,(H,23,24,25). The molecule has 5 rings (SSSR count). The van der Waals surface area contributed by atoms with E-state index in [1.807, 2.05) is 43.3 Å². The Morgan fingerprint density at radius 1 is 0.968 bits per heavy atom. The lowest BCUT2D eigenvalue weighted by Crippen LogP contribution is -2.05. The summed E-state index contributed by atoms with van der Waals surface area (Å²) < 4.78 is 6.84. The van der Waals surface area contributed by atoms with Gasteiger partial charge >= 0.3 is 0 Å². The van der Waals surface area contributed by atoms with Gasteiger partial charge in [0.05, 0.1) is 18.5 Å². The van der Waals surface area contributed by atoms with Gasteiger partial charge in [-0.25, -0.2) is 9.97 Å². The molecule has 0 aliphatic heterocycles. The van der Waals surface area contributed by atoms with Gasteiger partial charge in [-0.15, -0.1) is 15.3 Å². The van der Waals surface area contributed by atoms with Crippen molar-refractivity contribution >= 4 is 17.4 Å². The van der Waals surface area contributed by atoms with E-state index >= 15 is 0 Å². The molecule has 4 heterocycles. The van der Waals surface area contributed by atoms with Gasteiger partial charge in [-0.05, 0) is 49.4 Å². The first-order valence-corrected chi connectivity index (χ1v) is 9.46. The van der Waals surface area contributed by atoms with Gasteiger partial charge < -0.3 is 10.1 Å². The summed E-state index contributed by atoms with van der Waals surface area (Å²) in [5.41, 5.74) is 3.63. The van der Waals surface area contributed by atoms with Gasteiger partial charge in [0.25, 0.3) is 5.78 Å². The van der Waals surface area contributed by atoms with Crippen LogP contribution in [0.15, 0.2) is 61.1 Å². The summed E-state index contributed by atoms with van der Waals surface area (Å²) in [5, 5.41) is 16.3. The minimum atomic E-state index is 0.408. The van der Waals surface area contributed by atoms with Crippen LogP contribution in [0.4, 0.5) is 11.6 Å². The molecule has 10 nitrogen and oxygen atoms in total. The number of benzene rings is 1. The molecule has 0 saturated carbocycles. The largest absolute Gasteiger partial charge is 0.497 e. The molecule has 5 aromatic rings. The first kappa shape index (κ1) is 18.6. The van der Waals surface area contributed by atoms with Crippen molar-refractivity contribution in [1.82, 2.24) is 39.7 Å². The number of anilines is 2. The summed E-state index contributed by atoms with van der Waals surface area (Å²) in [5.74, 6) is 2.16. The Bertz CT molecular complexity index is 1350. The van der Waals surface area contributed by atoms with Gasteiger partial charge in [0, 0.05) is 29.8 Å². The lowest BCUT2D eigenvalue weighted by molar-refractivity contribution is 0.415. The minimum absolute atomic E-state index is 0.408. The summed E-state index contributed by atoms with van der Waals surface area (Å²) in [6.07, 6.45) is 5.08. The highest BCUT2D eigenvalue weighted by Gasteiger charge is 2.15. The summed E-state index contributed by atoms with van der Waals surface area (Å²) in [7, 11) is 1.63. The van der Waals surface area contributed by atoms with Crippen molar-refractivity contribution < 1.29 is 4.74 Å². The van der Waals surface area contributed by atoms with Crippen molar-refractivity contribution in [2.45, 2.75) is 6.92 Å². The molecule has 0 spiro atoms. The predicted octanol–water partition coefficient (Wildman–Crippen LogP) is 3.10. The average Bonchev–Trinajstić information content (AvgIpc) is 3.26. The summed E-state index contributed by atoms with van der Waals surface area (Å²) in [6.45, 7) is 1.90. The fraction of sp³-hybridized carbons (Fsp3) is 0.0952. The van der Waals surface area contributed by atoms with Crippen molar-refractivity contribution in [3.05, 3.63) is 66.7 Å². The van der Waals surface area contributed by atoms with E-state index in [0.717, 1.165) is 22.7 Å². The Labute approximate surface area is 177 Å². The molecule has 4 aromatic heterocycles. The fourth-order valence-corrected chi connectivity index (χ4v) is 3.07. The third-order valence-electron chi connectivity index (χ3n) is 4.65. The Balaban J connectivity index is 1.48. The second kappa shape index (κ2) is 7.75. The number of pyridine rings is 1. The maximum absolute atomic E-state index is 5.18. The number of aromatic nitrogens is 8. The number of rotatable bonds is 5. The Morgan fingerprint density at radius 2 is 1.84 bits per heavy atom. The number of methoxy groups -OCH3 is 1. The summed E-state index contributed by atoms with van der Waals surface area (Å²) >= 11 is 0. The van der Waals surface area contributed by atoms with Crippen molar-refractivity contribution in [3.63, 3.8) is 0 Å². The predicted molar refractivity (Wildman–Crippen MR) is 114 cm³/mol. The highest BCUT2D eigenvalue weighted by molar-refractivity contribution is 5.62. The highest BCUT2D eigenvalue weighted by atomic mass is 16.5. The molecule has 1 N–H and O–H groups in total. The zero-order chi connectivity index (χ0) is 21.2. The molecule has 0 atom stereocenters. The number of hydrogen-bond donors (Lipinski definition) is 1. The van der Waals surface area contributed by atoms with Gasteiger partial charge in [-0.2, -0.15) is 9.50 Å². The Morgan fingerprint density at radius 3 is 2.61 bits per heavy atom. The zero-order valence-electron chi connectivity index (χ0n) is 16.8. The molecular formula is C21H17N9O. The molecule has 152 valence electrons. The first-order valence-electron chi connectivity index (χ1n) is 9.46. The third-order valence-corrected chi connectivity index (χ3v) is 4.65. The van der Waals surface area contributed by atoms with Gasteiger partial charge in [0.2, 0.25) is 5.95 Å². The van der Waals surface area contributed by atoms with Gasteiger partial charge in [0.1, 0.15) is 11.4 Å². The van der Waals surface area contributed by atoms with Gasteiger partial charge in [-0.1, -0.05) is 0 Å². The number of nitrogens with zero attached hydrogens (tertiary/aromatic N) is 8. The number of fused-ring (bicyclic) bond motifs is 1. The lowest BCUT2D eigenvalue weighted by atomic mass is 10.2. The maximum Gasteiger partial charge on any atom is 0.272 e. The van der Waals surface area contributed by atoms with E-state index < -0.39 is 0 Å². The smallest absolute Gasteiger partial charge is 0.272 e. The van der Waals surface area contributed by atoms with E-state index in [9.17, 15) is 0 Å². The van der Waals surface area contributed by atoms with Crippen LogP contribution < -0.4 is 10.1 Å². The van der Waals surface area contributed by atoms with Crippen LogP contribution in [0.5, 0.6) is 5.75 Å². The molecule has 1 aromatic carbocycles. The van der Waals surface area contributed by atoms with Crippen LogP contribution in [0.25, 0.3) is 28.6 Å². The summed E-state index contributed by atoms with van der Waals surface area (Å²) in [6, 6.07) is 13.0. The quantitative estimate of drug-likeness (QED) is 0.465. The second-order valence-corrected chi connectivity index (χ2v) is 6.64. The third kappa shape index (κ3) is 3.62. The minimum Gasteiger partial charge on any atom is -0.497 e. The highest BCUT2D eigenvalue weighted by Crippen LogP contribution is 2.23. The normalized spacial score (nSPS) is 10.9. The molecular weight excluding hydrogens is 394 g/mol. The SMILES string of the molecule is COc1ccc(Nc2nccc(-c3nnc4nc(-c5cccnc5)nn4c3C)n2)cc1. The van der Waals surface area contributed by atoms with Crippen molar-refractivity contribution in [2.75, 3.05) is 12.4 Å². The van der Waals surface area contributed by atoms with E-state index in [0.29, 0.717) is 28.9 Å². The van der Waals surface area contributed by atoms with Crippen molar-refractivity contribution in [3.8, 4) is 28.5 Å². The van der Waals surface area contributed by atoms with Crippen LogP contribution in [0, 0.1) is 6.92 Å². The number of nitrogens with one attached hydrogen (secondary N) is 1. The lowest BCUT2D eigenvalue weighted by Gasteiger charge is -2.08. The van der Waals surface area contributed by atoms with E-state index in [2.05, 4.69) is 40.5 Å². The van der Waals surface area contributed by atoms with Gasteiger partial charge in [0.15, 0.2) is 5.82 Å². The van der Waals surface area contributed by atoms with Crippen LogP contribution in [-0.2, 0) is 0 Å².